The molecule has 1 aromatic carbocycles. The summed E-state index contributed by atoms with van der Waals surface area (Å²) in [6.45, 7) is 2.98. The molecule has 1 aromatic rings. The lowest BCUT2D eigenvalue weighted by atomic mass is 9.96. The second-order valence-corrected chi connectivity index (χ2v) is 6.11. The molecular formula is C18H26N2O3. The number of carbonyl (C=O) groups excluding carboxylic acids is 2. The molecule has 2 N–H and O–H groups in total. The van der Waals surface area contributed by atoms with Crippen molar-refractivity contribution in [2.45, 2.75) is 38.6 Å². The fourth-order valence-electron chi connectivity index (χ4n) is 3.02. The highest BCUT2D eigenvalue weighted by molar-refractivity contribution is 5.81. The third-order valence-corrected chi connectivity index (χ3v) is 4.34. The minimum absolute atomic E-state index is 0.0615. The molecule has 0 aromatic heterocycles. The molecule has 2 rings (SSSR count). The molecule has 2 atom stereocenters. The normalized spacial score (nSPS) is 19.2. The summed E-state index contributed by atoms with van der Waals surface area (Å²) in [7, 11) is 0. The van der Waals surface area contributed by atoms with Crippen LogP contribution in [-0.4, -0.2) is 47.6 Å². The minimum Gasteiger partial charge on any atom is -0.394 e. The van der Waals surface area contributed by atoms with Crippen molar-refractivity contribution in [2.24, 2.45) is 5.92 Å². The number of aliphatic hydroxyl groups is 1. The van der Waals surface area contributed by atoms with Crippen LogP contribution >= 0.6 is 0 Å². The maximum Gasteiger partial charge on any atom is 0.225 e. The van der Waals surface area contributed by atoms with E-state index in [4.69, 9.17) is 0 Å². The fourth-order valence-corrected chi connectivity index (χ4v) is 3.02. The van der Waals surface area contributed by atoms with E-state index in [0.717, 1.165) is 24.9 Å². The van der Waals surface area contributed by atoms with Gasteiger partial charge in [-0.25, -0.2) is 0 Å². The summed E-state index contributed by atoms with van der Waals surface area (Å²) in [5.74, 6) is -0.136. The van der Waals surface area contributed by atoms with E-state index in [-0.39, 0.29) is 30.4 Å². The van der Waals surface area contributed by atoms with Crippen molar-refractivity contribution in [1.82, 2.24) is 10.2 Å². The average Bonchev–Trinajstić information content (AvgIpc) is 2.61. The predicted molar refractivity (Wildman–Crippen MR) is 88.8 cm³/mol. The van der Waals surface area contributed by atoms with Gasteiger partial charge in [0, 0.05) is 19.5 Å². The van der Waals surface area contributed by atoms with Crippen LogP contribution in [0.2, 0.25) is 0 Å². The van der Waals surface area contributed by atoms with Crippen LogP contribution in [0.5, 0.6) is 0 Å². The zero-order chi connectivity index (χ0) is 16.7. The van der Waals surface area contributed by atoms with Crippen LogP contribution in [0.1, 0.15) is 31.7 Å². The molecule has 1 aliphatic heterocycles. The zero-order valence-corrected chi connectivity index (χ0v) is 13.7. The van der Waals surface area contributed by atoms with Crippen molar-refractivity contribution in [2.75, 3.05) is 19.7 Å². The molecular weight excluding hydrogens is 292 g/mol. The second kappa shape index (κ2) is 8.67. The van der Waals surface area contributed by atoms with Crippen LogP contribution in [0.15, 0.2) is 30.3 Å². The number of benzene rings is 1. The van der Waals surface area contributed by atoms with E-state index >= 15 is 0 Å². The van der Waals surface area contributed by atoms with Gasteiger partial charge in [-0.2, -0.15) is 0 Å². The first-order valence-electron chi connectivity index (χ1n) is 8.37. The van der Waals surface area contributed by atoms with Gasteiger partial charge < -0.3 is 15.3 Å². The number of amides is 2. The Bertz CT molecular complexity index is 518. The molecule has 5 heteroatoms. The fraction of sp³-hybridized carbons (Fsp3) is 0.556. The van der Waals surface area contributed by atoms with Gasteiger partial charge in [-0.05, 0) is 24.8 Å². The van der Waals surface area contributed by atoms with Crippen LogP contribution in [-0.2, 0) is 16.0 Å². The minimum atomic E-state index is -0.290. The topological polar surface area (TPSA) is 69.6 Å². The number of carbonyl (C=O) groups is 2. The van der Waals surface area contributed by atoms with Crippen LogP contribution < -0.4 is 5.32 Å². The molecule has 5 nitrogen and oxygen atoms in total. The summed E-state index contributed by atoms with van der Waals surface area (Å²) in [6.07, 6.45) is 2.73. The van der Waals surface area contributed by atoms with Crippen LogP contribution in [0, 0.1) is 5.92 Å². The first-order valence-corrected chi connectivity index (χ1v) is 8.37. The number of hydrogen-bond acceptors (Lipinski definition) is 3. The highest BCUT2D eigenvalue weighted by atomic mass is 16.3. The van der Waals surface area contributed by atoms with Gasteiger partial charge in [-0.3, -0.25) is 9.59 Å². The first-order chi connectivity index (χ1) is 11.1. The van der Waals surface area contributed by atoms with E-state index in [2.05, 4.69) is 5.32 Å². The third-order valence-electron chi connectivity index (χ3n) is 4.34. The summed E-state index contributed by atoms with van der Waals surface area (Å²) in [6, 6.07) is 9.51. The van der Waals surface area contributed by atoms with Gasteiger partial charge in [0.1, 0.15) is 0 Å². The zero-order valence-electron chi connectivity index (χ0n) is 13.7. The summed E-state index contributed by atoms with van der Waals surface area (Å²) in [5, 5.41) is 12.5. The molecule has 1 heterocycles. The quantitative estimate of drug-likeness (QED) is 0.832. The van der Waals surface area contributed by atoms with E-state index in [1.807, 2.05) is 37.3 Å². The molecule has 0 aliphatic carbocycles. The van der Waals surface area contributed by atoms with E-state index in [0.29, 0.717) is 19.4 Å². The van der Waals surface area contributed by atoms with E-state index in [1.165, 1.54) is 0 Å². The number of likely N-dealkylation sites (tertiary alicyclic amines) is 1. The molecule has 2 unspecified atom stereocenters. The average molecular weight is 318 g/mol. The maximum atomic E-state index is 12.5. The van der Waals surface area contributed by atoms with E-state index in [1.54, 1.807) is 4.90 Å². The van der Waals surface area contributed by atoms with Gasteiger partial charge in [0.05, 0.1) is 18.6 Å². The standard InChI is InChI=1S/C18H26N2O3/c1-2-17(22)20-10-6-9-15(12-20)18(23)19-16(13-21)11-14-7-4-3-5-8-14/h3-5,7-8,15-16,21H,2,6,9-13H2,1H3,(H,19,23). The molecule has 2 amide bonds. The molecule has 23 heavy (non-hydrogen) atoms. The molecule has 0 radical (unpaired) electrons. The molecule has 0 bridgehead atoms. The third kappa shape index (κ3) is 5.06. The van der Waals surface area contributed by atoms with E-state index < -0.39 is 0 Å². The molecule has 126 valence electrons. The Kier molecular flexibility index (Phi) is 6.59. The van der Waals surface area contributed by atoms with Gasteiger partial charge in [-0.1, -0.05) is 37.3 Å². The van der Waals surface area contributed by atoms with Crippen LogP contribution in [0.3, 0.4) is 0 Å². The number of aliphatic hydroxyl groups excluding tert-OH is 1. The Balaban J connectivity index is 1.90. The second-order valence-electron chi connectivity index (χ2n) is 6.11. The molecule has 1 fully saturated rings. The van der Waals surface area contributed by atoms with Crippen molar-refractivity contribution in [3.63, 3.8) is 0 Å². The number of nitrogens with zero attached hydrogens (tertiary/aromatic N) is 1. The lowest BCUT2D eigenvalue weighted by molar-refractivity contribution is -0.135. The van der Waals surface area contributed by atoms with Gasteiger partial charge in [0.25, 0.3) is 0 Å². The molecule has 0 spiro atoms. The smallest absolute Gasteiger partial charge is 0.225 e. The maximum absolute atomic E-state index is 12.5. The van der Waals surface area contributed by atoms with E-state index in [9.17, 15) is 14.7 Å². The number of nitrogens with one attached hydrogen (secondary N) is 1. The number of rotatable bonds is 6. The Labute approximate surface area is 137 Å². The van der Waals surface area contributed by atoms with Crippen molar-refractivity contribution >= 4 is 11.8 Å². The SMILES string of the molecule is CCC(=O)N1CCCC(C(=O)NC(CO)Cc2ccccc2)C1. The number of hydrogen-bond donors (Lipinski definition) is 2. The first kappa shape index (κ1) is 17.5. The molecule has 0 saturated carbocycles. The van der Waals surface area contributed by atoms with Crippen molar-refractivity contribution in [3.05, 3.63) is 35.9 Å². The summed E-state index contributed by atoms with van der Waals surface area (Å²) in [4.78, 5) is 26.0. The Morgan fingerprint density at radius 3 is 2.74 bits per heavy atom. The molecule has 1 aliphatic rings. The van der Waals surface area contributed by atoms with Gasteiger partial charge in [-0.15, -0.1) is 0 Å². The van der Waals surface area contributed by atoms with Crippen molar-refractivity contribution in [1.29, 1.82) is 0 Å². The summed E-state index contributed by atoms with van der Waals surface area (Å²) < 4.78 is 0. The Morgan fingerprint density at radius 2 is 2.09 bits per heavy atom. The van der Waals surface area contributed by atoms with Gasteiger partial charge in [0.2, 0.25) is 11.8 Å². The van der Waals surface area contributed by atoms with Crippen molar-refractivity contribution in [3.8, 4) is 0 Å². The summed E-state index contributed by atoms with van der Waals surface area (Å²) in [5.41, 5.74) is 1.08. The highest BCUT2D eigenvalue weighted by Crippen LogP contribution is 2.18. The predicted octanol–water partition coefficient (Wildman–Crippen LogP) is 1.35. The lowest BCUT2D eigenvalue weighted by Gasteiger charge is -2.32. The Morgan fingerprint density at radius 1 is 1.35 bits per heavy atom. The highest BCUT2D eigenvalue weighted by Gasteiger charge is 2.28. The number of piperidine rings is 1. The van der Waals surface area contributed by atoms with Crippen LogP contribution in [0.4, 0.5) is 0 Å². The Hall–Kier alpha value is -1.88. The van der Waals surface area contributed by atoms with Crippen molar-refractivity contribution < 1.29 is 14.7 Å². The van der Waals surface area contributed by atoms with Gasteiger partial charge in [0.15, 0.2) is 0 Å². The van der Waals surface area contributed by atoms with Crippen LogP contribution in [0.25, 0.3) is 0 Å². The largest absolute Gasteiger partial charge is 0.394 e. The summed E-state index contributed by atoms with van der Waals surface area (Å²) >= 11 is 0. The lowest BCUT2D eigenvalue weighted by Crippen LogP contribution is -2.48. The molecule has 1 saturated heterocycles. The van der Waals surface area contributed by atoms with Gasteiger partial charge >= 0.3 is 0 Å². The monoisotopic (exact) mass is 318 g/mol.